The topological polar surface area (TPSA) is 66.0 Å². The molecular formula is C14H20Cl2N4O. The highest BCUT2D eigenvalue weighted by Crippen LogP contribution is 2.22. The molecule has 0 aliphatic carbocycles. The van der Waals surface area contributed by atoms with Crippen LogP contribution in [-0.2, 0) is 4.79 Å². The second kappa shape index (κ2) is 7.29. The molecule has 1 unspecified atom stereocenters. The molecule has 1 fully saturated rings. The van der Waals surface area contributed by atoms with Gasteiger partial charge in [-0.2, -0.15) is 0 Å². The first kappa shape index (κ1) is 16.3. The van der Waals surface area contributed by atoms with Crippen molar-refractivity contribution in [2.45, 2.75) is 31.7 Å². The minimum atomic E-state index is -0.450. The maximum Gasteiger partial charge on any atom is 0.240 e. The van der Waals surface area contributed by atoms with Crippen molar-refractivity contribution in [3.8, 4) is 0 Å². The minimum Gasteiger partial charge on any atom is -0.367 e. The smallest absolute Gasteiger partial charge is 0.240 e. The fourth-order valence-corrected chi connectivity index (χ4v) is 2.79. The van der Waals surface area contributed by atoms with Gasteiger partial charge in [0.2, 0.25) is 5.91 Å². The number of nitrogens with zero attached hydrogens (tertiary/aromatic N) is 1. The summed E-state index contributed by atoms with van der Waals surface area (Å²) < 4.78 is 0. The van der Waals surface area contributed by atoms with Crippen LogP contribution in [0.3, 0.4) is 0 Å². The van der Waals surface area contributed by atoms with Crippen LogP contribution in [0.1, 0.15) is 26.2 Å². The molecule has 1 aliphatic heterocycles. The SMILES string of the molecule is CC1(C(=O)NCCNc2ncc(Cl)cc2Cl)CCCCN1. The summed E-state index contributed by atoms with van der Waals surface area (Å²) in [5.41, 5.74) is -0.450. The van der Waals surface area contributed by atoms with Crippen LogP contribution >= 0.6 is 23.2 Å². The van der Waals surface area contributed by atoms with E-state index in [1.54, 1.807) is 6.07 Å². The lowest BCUT2D eigenvalue weighted by Crippen LogP contribution is -2.57. The third-order valence-electron chi connectivity index (χ3n) is 3.63. The molecule has 7 heteroatoms. The molecule has 1 amide bonds. The Balaban J connectivity index is 1.75. The molecule has 0 saturated carbocycles. The number of halogens is 2. The zero-order valence-electron chi connectivity index (χ0n) is 12.0. The van der Waals surface area contributed by atoms with Crippen LogP contribution in [0.25, 0.3) is 0 Å². The summed E-state index contributed by atoms with van der Waals surface area (Å²) in [6.45, 7) is 3.91. The molecule has 21 heavy (non-hydrogen) atoms. The van der Waals surface area contributed by atoms with E-state index < -0.39 is 5.54 Å². The van der Waals surface area contributed by atoms with Crippen molar-refractivity contribution in [1.82, 2.24) is 15.6 Å². The van der Waals surface area contributed by atoms with E-state index in [0.717, 1.165) is 25.8 Å². The van der Waals surface area contributed by atoms with E-state index in [9.17, 15) is 4.79 Å². The van der Waals surface area contributed by atoms with Crippen LogP contribution in [0.5, 0.6) is 0 Å². The summed E-state index contributed by atoms with van der Waals surface area (Å²) in [4.78, 5) is 16.3. The number of amides is 1. The van der Waals surface area contributed by atoms with E-state index in [1.165, 1.54) is 6.20 Å². The standard InChI is InChI=1S/C14H20Cl2N4O/c1-14(4-2-3-5-20-14)13(21)18-7-6-17-12-11(16)8-10(15)9-19-12/h8-9,20H,2-7H2,1H3,(H,17,19)(H,18,21). The predicted molar refractivity (Wildman–Crippen MR) is 86.0 cm³/mol. The van der Waals surface area contributed by atoms with E-state index in [-0.39, 0.29) is 5.91 Å². The normalized spacial score (nSPS) is 21.9. The van der Waals surface area contributed by atoms with Gasteiger partial charge in [0.1, 0.15) is 5.82 Å². The molecule has 2 heterocycles. The summed E-state index contributed by atoms with van der Waals surface area (Å²) in [5.74, 6) is 0.608. The number of carbonyl (C=O) groups is 1. The summed E-state index contributed by atoms with van der Waals surface area (Å²) in [5, 5.41) is 10.3. The molecule has 1 atom stereocenters. The van der Waals surface area contributed by atoms with Gasteiger partial charge in [-0.05, 0) is 38.8 Å². The summed E-state index contributed by atoms with van der Waals surface area (Å²) >= 11 is 11.8. The van der Waals surface area contributed by atoms with Gasteiger partial charge in [0.15, 0.2) is 0 Å². The number of nitrogens with one attached hydrogen (secondary N) is 3. The van der Waals surface area contributed by atoms with Gasteiger partial charge in [-0.1, -0.05) is 23.2 Å². The lowest BCUT2D eigenvalue weighted by molar-refractivity contribution is -0.127. The van der Waals surface area contributed by atoms with Crippen molar-refractivity contribution in [1.29, 1.82) is 0 Å². The number of piperidine rings is 1. The fourth-order valence-electron chi connectivity index (χ4n) is 2.35. The molecule has 3 N–H and O–H groups in total. The van der Waals surface area contributed by atoms with Crippen molar-refractivity contribution in [2.24, 2.45) is 0 Å². The van der Waals surface area contributed by atoms with Gasteiger partial charge in [-0.15, -0.1) is 0 Å². The molecule has 0 aromatic carbocycles. The van der Waals surface area contributed by atoms with Crippen LogP contribution in [0.15, 0.2) is 12.3 Å². The van der Waals surface area contributed by atoms with Gasteiger partial charge in [0, 0.05) is 19.3 Å². The number of anilines is 1. The van der Waals surface area contributed by atoms with Crippen molar-refractivity contribution in [3.63, 3.8) is 0 Å². The Bertz CT molecular complexity index is 504. The van der Waals surface area contributed by atoms with Crippen LogP contribution in [0, 0.1) is 0 Å². The summed E-state index contributed by atoms with van der Waals surface area (Å²) in [7, 11) is 0. The minimum absolute atomic E-state index is 0.0409. The Labute approximate surface area is 134 Å². The van der Waals surface area contributed by atoms with Gasteiger partial charge in [0.05, 0.1) is 15.6 Å². The van der Waals surface area contributed by atoms with E-state index in [4.69, 9.17) is 23.2 Å². The van der Waals surface area contributed by atoms with Crippen LogP contribution in [0.4, 0.5) is 5.82 Å². The Morgan fingerprint density at radius 2 is 2.24 bits per heavy atom. The average molecular weight is 331 g/mol. The second-order valence-electron chi connectivity index (χ2n) is 5.38. The van der Waals surface area contributed by atoms with Crippen molar-refractivity contribution >= 4 is 34.9 Å². The molecule has 2 rings (SSSR count). The molecule has 5 nitrogen and oxygen atoms in total. The number of hydrogen-bond donors (Lipinski definition) is 3. The van der Waals surface area contributed by atoms with Crippen LogP contribution < -0.4 is 16.0 Å². The fraction of sp³-hybridized carbons (Fsp3) is 0.571. The monoisotopic (exact) mass is 330 g/mol. The van der Waals surface area contributed by atoms with Crippen molar-refractivity contribution < 1.29 is 4.79 Å². The quantitative estimate of drug-likeness (QED) is 0.725. The lowest BCUT2D eigenvalue weighted by Gasteiger charge is -2.33. The van der Waals surface area contributed by atoms with E-state index in [1.807, 2.05) is 6.92 Å². The maximum absolute atomic E-state index is 12.2. The van der Waals surface area contributed by atoms with E-state index >= 15 is 0 Å². The number of aromatic nitrogens is 1. The van der Waals surface area contributed by atoms with Gasteiger partial charge >= 0.3 is 0 Å². The number of pyridine rings is 1. The molecule has 0 radical (unpaired) electrons. The van der Waals surface area contributed by atoms with Gasteiger partial charge in [-0.25, -0.2) is 4.98 Å². The second-order valence-corrected chi connectivity index (χ2v) is 6.23. The number of rotatable bonds is 5. The Morgan fingerprint density at radius 1 is 1.43 bits per heavy atom. The third-order valence-corrected chi connectivity index (χ3v) is 4.13. The number of hydrogen-bond acceptors (Lipinski definition) is 4. The Kier molecular flexibility index (Phi) is 5.67. The molecule has 1 aromatic rings. The zero-order chi connectivity index (χ0) is 15.3. The highest BCUT2D eigenvalue weighted by molar-refractivity contribution is 6.35. The first-order chi connectivity index (χ1) is 10.0. The molecule has 1 aromatic heterocycles. The molecule has 1 aliphatic rings. The zero-order valence-corrected chi connectivity index (χ0v) is 13.5. The van der Waals surface area contributed by atoms with Crippen LogP contribution in [0.2, 0.25) is 10.0 Å². The molecular weight excluding hydrogens is 311 g/mol. The lowest BCUT2D eigenvalue weighted by atomic mass is 9.90. The summed E-state index contributed by atoms with van der Waals surface area (Å²) in [6.07, 6.45) is 4.61. The van der Waals surface area contributed by atoms with Gasteiger partial charge < -0.3 is 16.0 Å². The Hall–Kier alpha value is -1.04. The first-order valence-electron chi connectivity index (χ1n) is 7.09. The Morgan fingerprint density at radius 3 is 2.90 bits per heavy atom. The summed E-state index contributed by atoms with van der Waals surface area (Å²) in [6, 6.07) is 1.63. The van der Waals surface area contributed by atoms with Crippen molar-refractivity contribution in [3.05, 3.63) is 22.3 Å². The predicted octanol–water partition coefficient (Wildman–Crippen LogP) is 2.45. The molecule has 0 spiro atoms. The molecule has 0 bridgehead atoms. The highest BCUT2D eigenvalue weighted by Gasteiger charge is 2.33. The molecule has 1 saturated heterocycles. The maximum atomic E-state index is 12.2. The third kappa shape index (κ3) is 4.46. The van der Waals surface area contributed by atoms with Gasteiger partial charge in [0.25, 0.3) is 0 Å². The first-order valence-corrected chi connectivity index (χ1v) is 7.85. The van der Waals surface area contributed by atoms with Crippen molar-refractivity contribution in [2.75, 3.05) is 25.0 Å². The largest absolute Gasteiger partial charge is 0.367 e. The number of carbonyl (C=O) groups excluding carboxylic acids is 1. The highest BCUT2D eigenvalue weighted by atomic mass is 35.5. The van der Waals surface area contributed by atoms with Gasteiger partial charge in [-0.3, -0.25) is 4.79 Å². The molecule has 116 valence electrons. The van der Waals surface area contributed by atoms with Crippen LogP contribution in [-0.4, -0.2) is 36.1 Å². The average Bonchev–Trinajstić information content (AvgIpc) is 2.46. The van der Waals surface area contributed by atoms with E-state index in [0.29, 0.717) is 29.0 Å². The van der Waals surface area contributed by atoms with E-state index in [2.05, 4.69) is 20.9 Å².